The van der Waals surface area contributed by atoms with Crippen LogP contribution in [0.25, 0.3) is 11.0 Å². The molecule has 0 saturated carbocycles. The highest BCUT2D eigenvalue weighted by atomic mass is 19.1. The zero-order valence-electron chi connectivity index (χ0n) is 15.5. The molecule has 7 heteroatoms. The number of hydrogen-bond acceptors (Lipinski definition) is 4. The highest BCUT2D eigenvalue weighted by Crippen LogP contribution is 2.33. The maximum Gasteiger partial charge on any atom is 0.326 e. The lowest BCUT2D eigenvalue weighted by atomic mass is 10.1. The molecule has 144 valence electrons. The first-order valence-corrected chi connectivity index (χ1v) is 9.23. The second-order valence-electron chi connectivity index (χ2n) is 6.74. The molecule has 1 atom stereocenters. The van der Waals surface area contributed by atoms with Crippen molar-refractivity contribution in [2.75, 3.05) is 18.1 Å². The van der Waals surface area contributed by atoms with E-state index in [-0.39, 0.29) is 36.6 Å². The van der Waals surface area contributed by atoms with Gasteiger partial charge in [0.15, 0.2) is 0 Å². The number of imidazole rings is 1. The molecule has 0 N–H and O–H groups in total. The summed E-state index contributed by atoms with van der Waals surface area (Å²) in [6, 6.07) is 13.5. The minimum atomic E-state index is -0.386. The molecule has 0 radical (unpaired) electrons. The van der Waals surface area contributed by atoms with Crippen LogP contribution in [0.2, 0.25) is 0 Å². The number of halogens is 1. The molecule has 2 aromatic carbocycles. The number of hydrogen-bond donors (Lipinski definition) is 0. The average Bonchev–Trinajstić information content (AvgIpc) is 3.23. The Bertz CT molecular complexity index is 1050. The summed E-state index contributed by atoms with van der Waals surface area (Å²) in [5, 5.41) is 0. The van der Waals surface area contributed by atoms with Gasteiger partial charge in [-0.15, -0.1) is 0 Å². The van der Waals surface area contributed by atoms with E-state index in [0.29, 0.717) is 24.7 Å². The Morgan fingerprint density at radius 1 is 1.25 bits per heavy atom. The molecular formula is C21H20FN3O3. The molecule has 0 bridgehead atoms. The number of anilines is 1. The van der Waals surface area contributed by atoms with E-state index >= 15 is 0 Å². The van der Waals surface area contributed by atoms with Crippen LogP contribution in [-0.4, -0.2) is 34.6 Å². The van der Waals surface area contributed by atoms with Crippen molar-refractivity contribution < 1.29 is 18.7 Å². The van der Waals surface area contributed by atoms with E-state index in [1.165, 1.54) is 12.1 Å². The minimum absolute atomic E-state index is 0.0361. The molecule has 1 aliphatic heterocycles. The molecule has 28 heavy (non-hydrogen) atoms. The van der Waals surface area contributed by atoms with E-state index in [2.05, 4.69) is 0 Å². The summed E-state index contributed by atoms with van der Waals surface area (Å²) in [6.07, 6.45) is 0.253. The third kappa shape index (κ3) is 3.35. The van der Waals surface area contributed by atoms with Crippen molar-refractivity contribution in [3.05, 3.63) is 60.2 Å². The Hall–Kier alpha value is -3.22. The van der Waals surface area contributed by atoms with Gasteiger partial charge in [0.1, 0.15) is 18.2 Å². The van der Waals surface area contributed by atoms with Crippen LogP contribution in [0.1, 0.15) is 25.1 Å². The van der Waals surface area contributed by atoms with Crippen LogP contribution in [0.4, 0.5) is 10.1 Å². The molecule has 6 nitrogen and oxygen atoms in total. The molecule has 1 amide bonds. The van der Waals surface area contributed by atoms with Crippen molar-refractivity contribution in [2.24, 2.45) is 0 Å². The van der Waals surface area contributed by atoms with Gasteiger partial charge in [-0.1, -0.05) is 18.2 Å². The third-order valence-corrected chi connectivity index (χ3v) is 4.89. The number of carbonyl (C=O) groups excluding carboxylic acids is 2. The third-order valence-electron chi connectivity index (χ3n) is 4.89. The normalized spacial score (nSPS) is 16.7. The van der Waals surface area contributed by atoms with Crippen LogP contribution >= 0.6 is 0 Å². The van der Waals surface area contributed by atoms with Gasteiger partial charge in [0.2, 0.25) is 5.91 Å². The zero-order valence-corrected chi connectivity index (χ0v) is 15.5. The number of esters is 1. The summed E-state index contributed by atoms with van der Waals surface area (Å²) in [4.78, 5) is 31.0. The van der Waals surface area contributed by atoms with Crippen molar-refractivity contribution in [1.82, 2.24) is 9.55 Å². The van der Waals surface area contributed by atoms with E-state index in [4.69, 9.17) is 9.72 Å². The van der Waals surface area contributed by atoms with Crippen molar-refractivity contribution in [3.63, 3.8) is 0 Å². The van der Waals surface area contributed by atoms with Crippen molar-refractivity contribution >= 4 is 28.6 Å². The topological polar surface area (TPSA) is 64.4 Å². The van der Waals surface area contributed by atoms with Crippen LogP contribution in [0.5, 0.6) is 0 Å². The summed E-state index contributed by atoms with van der Waals surface area (Å²) in [5.41, 5.74) is 2.11. The van der Waals surface area contributed by atoms with Gasteiger partial charge < -0.3 is 14.2 Å². The zero-order chi connectivity index (χ0) is 19.7. The number of benzene rings is 2. The van der Waals surface area contributed by atoms with Gasteiger partial charge in [0.05, 0.1) is 17.6 Å². The van der Waals surface area contributed by atoms with Gasteiger partial charge in [0.25, 0.3) is 0 Å². The number of carbonyl (C=O) groups is 2. The number of rotatable bonds is 5. The molecule has 1 fully saturated rings. The second kappa shape index (κ2) is 7.42. The molecule has 1 aromatic heterocycles. The van der Waals surface area contributed by atoms with Crippen molar-refractivity contribution in [2.45, 2.75) is 25.8 Å². The van der Waals surface area contributed by atoms with Crippen LogP contribution < -0.4 is 4.90 Å². The molecule has 0 aliphatic carbocycles. The lowest BCUT2D eigenvalue weighted by Crippen LogP contribution is -2.25. The van der Waals surface area contributed by atoms with E-state index in [9.17, 15) is 14.0 Å². The Morgan fingerprint density at radius 2 is 2.07 bits per heavy atom. The molecule has 1 unspecified atom stereocenters. The van der Waals surface area contributed by atoms with Crippen LogP contribution in [0.3, 0.4) is 0 Å². The quantitative estimate of drug-likeness (QED) is 0.637. The predicted octanol–water partition coefficient (Wildman–Crippen LogP) is 3.26. The molecule has 2 heterocycles. The lowest BCUT2D eigenvalue weighted by molar-refractivity contribution is -0.143. The van der Waals surface area contributed by atoms with Gasteiger partial charge in [-0.3, -0.25) is 9.59 Å². The molecule has 3 aromatic rings. The smallest absolute Gasteiger partial charge is 0.326 e. The van der Waals surface area contributed by atoms with Crippen LogP contribution in [0, 0.1) is 5.82 Å². The standard InChI is InChI=1S/C21H20FN3O3/c1-2-28-20(27)13-25-18-9-4-3-8-17(18)23-21(25)14-10-19(26)24(12-14)16-7-5-6-15(22)11-16/h3-9,11,14H,2,10,12-13H2,1H3. The fourth-order valence-electron chi connectivity index (χ4n) is 3.68. The first-order chi connectivity index (χ1) is 13.6. The van der Waals surface area contributed by atoms with Gasteiger partial charge in [-0.2, -0.15) is 0 Å². The number of amides is 1. The van der Waals surface area contributed by atoms with Crippen LogP contribution in [-0.2, 0) is 20.9 Å². The van der Waals surface area contributed by atoms with Gasteiger partial charge in [0, 0.05) is 24.6 Å². The summed E-state index contributed by atoms with van der Waals surface area (Å²) in [6.45, 7) is 2.48. The second-order valence-corrected chi connectivity index (χ2v) is 6.74. The van der Waals surface area contributed by atoms with E-state index in [1.54, 1.807) is 24.0 Å². The highest BCUT2D eigenvalue weighted by molar-refractivity contribution is 5.96. The Morgan fingerprint density at radius 3 is 2.86 bits per heavy atom. The largest absolute Gasteiger partial charge is 0.465 e. The van der Waals surface area contributed by atoms with Crippen LogP contribution in [0.15, 0.2) is 48.5 Å². The Balaban J connectivity index is 1.69. The van der Waals surface area contributed by atoms with Crippen molar-refractivity contribution in [1.29, 1.82) is 0 Å². The summed E-state index contributed by atoms with van der Waals surface area (Å²) in [5.74, 6) is -0.356. The maximum absolute atomic E-state index is 13.6. The summed E-state index contributed by atoms with van der Waals surface area (Å²) >= 11 is 0. The maximum atomic E-state index is 13.6. The minimum Gasteiger partial charge on any atom is -0.465 e. The number of fused-ring (bicyclic) bond motifs is 1. The number of aromatic nitrogens is 2. The number of ether oxygens (including phenoxy) is 1. The fraction of sp³-hybridized carbons (Fsp3) is 0.286. The van der Waals surface area contributed by atoms with E-state index in [0.717, 1.165) is 11.0 Å². The molecule has 4 rings (SSSR count). The molecule has 0 spiro atoms. The Kier molecular flexibility index (Phi) is 4.81. The molecule has 1 saturated heterocycles. The van der Waals surface area contributed by atoms with Crippen molar-refractivity contribution in [3.8, 4) is 0 Å². The van der Waals surface area contributed by atoms with Gasteiger partial charge in [-0.05, 0) is 37.3 Å². The van der Waals surface area contributed by atoms with E-state index in [1.807, 2.05) is 28.8 Å². The molecular weight excluding hydrogens is 361 g/mol. The SMILES string of the molecule is CCOC(=O)Cn1c(C2CC(=O)N(c3cccc(F)c3)C2)nc2ccccc21. The molecule has 1 aliphatic rings. The lowest BCUT2D eigenvalue weighted by Gasteiger charge is -2.17. The number of para-hydroxylation sites is 2. The van der Waals surface area contributed by atoms with E-state index < -0.39 is 0 Å². The van der Waals surface area contributed by atoms with Gasteiger partial charge >= 0.3 is 5.97 Å². The average molecular weight is 381 g/mol. The summed E-state index contributed by atoms with van der Waals surface area (Å²) in [7, 11) is 0. The van der Waals surface area contributed by atoms with Gasteiger partial charge in [-0.25, -0.2) is 9.37 Å². The fourth-order valence-corrected chi connectivity index (χ4v) is 3.68. The monoisotopic (exact) mass is 381 g/mol. The first-order valence-electron chi connectivity index (χ1n) is 9.23. The Labute approximate surface area is 161 Å². The predicted molar refractivity (Wildman–Crippen MR) is 102 cm³/mol. The highest BCUT2D eigenvalue weighted by Gasteiger charge is 2.35. The number of nitrogens with zero attached hydrogens (tertiary/aromatic N) is 3. The first kappa shape index (κ1) is 18.2. The summed E-state index contributed by atoms with van der Waals surface area (Å²) < 4.78 is 20.5.